The molecule has 0 aliphatic rings. The Balaban J connectivity index is 3.24. The van der Waals surface area contributed by atoms with E-state index in [4.69, 9.17) is 10.2 Å². The second-order valence-electron chi connectivity index (χ2n) is 3.87. The van der Waals surface area contributed by atoms with Crippen LogP contribution in [-0.4, -0.2) is 22.8 Å². The van der Waals surface area contributed by atoms with Gasteiger partial charge < -0.3 is 10.2 Å². The standard InChI is InChI=1S/C12H16O3/c1-7-4-9(3)10(5-8(7)2)11(6-13)12(14)15/h4-5,11,13H,6H2,1-3H3,(H,14,15). The molecule has 0 saturated carbocycles. The van der Waals surface area contributed by atoms with Gasteiger partial charge in [0, 0.05) is 0 Å². The molecule has 0 saturated heterocycles. The van der Waals surface area contributed by atoms with E-state index in [1.807, 2.05) is 32.9 Å². The molecule has 0 aromatic heterocycles. The van der Waals surface area contributed by atoms with Crippen molar-refractivity contribution in [3.63, 3.8) is 0 Å². The van der Waals surface area contributed by atoms with E-state index in [2.05, 4.69) is 0 Å². The van der Waals surface area contributed by atoms with Crippen molar-refractivity contribution in [2.24, 2.45) is 0 Å². The number of hydrogen-bond donors (Lipinski definition) is 2. The molecule has 0 heterocycles. The van der Waals surface area contributed by atoms with Crippen LogP contribution < -0.4 is 0 Å². The van der Waals surface area contributed by atoms with Crippen molar-refractivity contribution in [2.75, 3.05) is 6.61 Å². The van der Waals surface area contributed by atoms with E-state index in [1.165, 1.54) is 0 Å². The van der Waals surface area contributed by atoms with Gasteiger partial charge in [-0.2, -0.15) is 0 Å². The molecule has 82 valence electrons. The highest BCUT2D eigenvalue weighted by molar-refractivity contribution is 5.77. The van der Waals surface area contributed by atoms with Crippen molar-refractivity contribution < 1.29 is 15.0 Å². The number of carbonyl (C=O) groups is 1. The maximum absolute atomic E-state index is 10.9. The molecule has 1 aromatic rings. The first kappa shape index (κ1) is 11.7. The molecule has 3 heteroatoms. The van der Waals surface area contributed by atoms with Crippen molar-refractivity contribution in [3.8, 4) is 0 Å². The summed E-state index contributed by atoms with van der Waals surface area (Å²) in [5.41, 5.74) is 3.81. The van der Waals surface area contributed by atoms with Crippen molar-refractivity contribution in [2.45, 2.75) is 26.7 Å². The molecule has 0 bridgehead atoms. The first-order valence-electron chi connectivity index (χ1n) is 4.88. The summed E-state index contributed by atoms with van der Waals surface area (Å²) in [6, 6.07) is 3.80. The Kier molecular flexibility index (Phi) is 3.48. The van der Waals surface area contributed by atoms with E-state index in [0.29, 0.717) is 5.56 Å². The highest BCUT2D eigenvalue weighted by Crippen LogP contribution is 2.23. The minimum absolute atomic E-state index is 0.362. The summed E-state index contributed by atoms with van der Waals surface area (Å²) in [5, 5.41) is 18.0. The van der Waals surface area contributed by atoms with Gasteiger partial charge in [-0.3, -0.25) is 4.79 Å². The quantitative estimate of drug-likeness (QED) is 0.796. The van der Waals surface area contributed by atoms with Gasteiger partial charge in [0.25, 0.3) is 0 Å². The monoisotopic (exact) mass is 208 g/mol. The maximum Gasteiger partial charge on any atom is 0.313 e. The van der Waals surface area contributed by atoms with Crippen LogP contribution >= 0.6 is 0 Å². The molecular weight excluding hydrogens is 192 g/mol. The third kappa shape index (κ3) is 2.36. The van der Waals surface area contributed by atoms with E-state index in [-0.39, 0.29) is 6.61 Å². The average molecular weight is 208 g/mol. The maximum atomic E-state index is 10.9. The van der Waals surface area contributed by atoms with Crippen molar-refractivity contribution >= 4 is 5.97 Å². The van der Waals surface area contributed by atoms with Crippen molar-refractivity contribution in [1.82, 2.24) is 0 Å². The number of rotatable bonds is 3. The average Bonchev–Trinajstić information content (AvgIpc) is 2.14. The lowest BCUT2D eigenvalue weighted by atomic mass is 9.92. The van der Waals surface area contributed by atoms with E-state index in [0.717, 1.165) is 16.7 Å². The highest BCUT2D eigenvalue weighted by atomic mass is 16.4. The summed E-state index contributed by atoms with van der Waals surface area (Å²) in [6.45, 7) is 5.43. The fourth-order valence-electron chi connectivity index (χ4n) is 1.67. The van der Waals surface area contributed by atoms with Crippen LogP contribution in [0.2, 0.25) is 0 Å². The van der Waals surface area contributed by atoms with Gasteiger partial charge in [0.05, 0.1) is 6.61 Å². The van der Waals surface area contributed by atoms with Crippen LogP contribution in [0.4, 0.5) is 0 Å². The first-order chi connectivity index (χ1) is 6.97. The number of benzene rings is 1. The molecule has 1 rings (SSSR count). The molecule has 0 spiro atoms. The van der Waals surface area contributed by atoms with Gasteiger partial charge in [-0.25, -0.2) is 0 Å². The summed E-state index contributed by atoms with van der Waals surface area (Å²) >= 11 is 0. The minimum atomic E-state index is -0.983. The van der Waals surface area contributed by atoms with Gasteiger partial charge in [0.1, 0.15) is 5.92 Å². The lowest BCUT2D eigenvalue weighted by Crippen LogP contribution is -2.17. The Labute approximate surface area is 89.4 Å². The third-order valence-electron chi connectivity index (χ3n) is 2.74. The number of hydrogen-bond acceptors (Lipinski definition) is 2. The zero-order valence-corrected chi connectivity index (χ0v) is 9.24. The smallest absolute Gasteiger partial charge is 0.313 e. The molecule has 1 aromatic carbocycles. The number of carboxylic acids is 1. The van der Waals surface area contributed by atoms with Gasteiger partial charge in [0.2, 0.25) is 0 Å². The number of carboxylic acid groups (broad SMARTS) is 1. The Morgan fingerprint density at radius 3 is 2.20 bits per heavy atom. The Morgan fingerprint density at radius 1 is 1.20 bits per heavy atom. The fourth-order valence-corrected chi connectivity index (χ4v) is 1.67. The Bertz CT molecular complexity index is 383. The molecule has 15 heavy (non-hydrogen) atoms. The molecule has 0 aliphatic heterocycles. The molecule has 3 nitrogen and oxygen atoms in total. The van der Waals surface area contributed by atoms with Crippen LogP contribution in [-0.2, 0) is 4.79 Å². The van der Waals surface area contributed by atoms with Crippen LogP contribution in [0.3, 0.4) is 0 Å². The highest BCUT2D eigenvalue weighted by Gasteiger charge is 2.20. The van der Waals surface area contributed by atoms with Crippen LogP contribution in [0, 0.1) is 20.8 Å². The SMILES string of the molecule is Cc1cc(C)c(C(CO)C(=O)O)cc1C. The fraction of sp³-hybridized carbons (Fsp3) is 0.417. The molecule has 2 N–H and O–H groups in total. The predicted octanol–water partition coefficient (Wildman–Crippen LogP) is 1.77. The van der Waals surface area contributed by atoms with E-state index in [9.17, 15) is 4.79 Å². The van der Waals surface area contributed by atoms with Crippen LogP contribution in [0.1, 0.15) is 28.2 Å². The van der Waals surface area contributed by atoms with Crippen molar-refractivity contribution in [3.05, 3.63) is 34.4 Å². The number of aliphatic hydroxyl groups is 1. The van der Waals surface area contributed by atoms with Gasteiger partial charge >= 0.3 is 5.97 Å². The van der Waals surface area contributed by atoms with Gasteiger partial charge in [-0.15, -0.1) is 0 Å². The molecule has 0 radical (unpaired) electrons. The summed E-state index contributed by atoms with van der Waals surface area (Å²) in [5.74, 6) is -1.80. The topological polar surface area (TPSA) is 57.5 Å². The second kappa shape index (κ2) is 4.45. The second-order valence-corrected chi connectivity index (χ2v) is 3.87. The summed E-state index contributed by atoms with van der Waals surface area (Å²) in [6.07, 6.45) is 0. The largest absolute Gasteiger partial charge is 0.481 e. The molecule has 1 unspecified atom stereocenters. The van der Waals surface area contributed by atoms with Gasteiger partial charge in [-0.05, 0) is 43.0 Å². The zero-order valence-electron chi connectivity index (χ0n) is 9.24. The van der Waals surface area contributed by atoms with Crippen LogP contribution in [0.5, 0.6) is 0 Å². The van der Waals surface area contributed by atoms with E-state index in [1.54, 1.807) is 0 Å². The normalized spacial score (nSPS) is 12.5. The van der Waals surface area contributed by atoms with Crippen molar-refractivity contribution in [1.29, 1.82) is 0 Å². The first-order valence-corrected chi connectivity index (χ1v) is 4.88. The lowest BCUT2D eigenvalue weighted by molar-refractivity contribution is -0.139. The number of aliphatic hydroxyl groups excluding tert-OH is 1. The third-order valence-corrected chi connectivity index (χ3v) is 2.74. The van der Waals surface area contributed by atoms with Crippen LogP contribution in [0.25, 0.3) is 0 Å². The molecule has 0 aliphatic carbocycles. The number of aliphatic carboxylic acids is 1. The lowest BCUT2D eigenvalue weighted by Gasteiger charge is -2.14. The van der Waals surface area contributed by atoms with E-state index >= 15 is 0 Å². The van der Waals surface area contributed by atoms with Gasteiger partial charge in [0.15, 0.2) is 0 Å². The molecule has 0 amide bonds. The summed E-state index contributed by atoms with van der Waals surface area (Å²) < 4.78 is 0. The Morgan fingerprint density at radius 2 is 1.73 bits per heavy atom. The van der Waals surface area contributed by atoms with Gasteiger partial charge in [-0.1, -0.05) is 12.1 Å². The summed E-state index contributed by atoms with van der Waals surface area (Å²) in [4.78, 5) is 10.9. The minimum Gasteiger partial charge on any atom is -0.481 e. The van der Waals surface area contributed by atoms with Crippen LogP contribution in [0.15, 0.2) is 12.1 Å². The zero-order chi connectivity index (χ0) is 11.6. The molecule has 0 fully saturated rings. The predicted molar refractivity (Wildman–Crippen MR) is 58.1 cm³/mol. The van der Waals surface area contributed by atoms with E-state index < -0.39 is 11.9 Å². The molecular formula is C12H16O3. The number of aryl methyl sites for hydroxylation is 3. The molecule has 1 atom stereocenters. The summed E-state index contributed by atoms with van der Waals surface area (Å²) in [7, 11) is 0. The Hall–Kier alpha value is -1.35.